The Bertz CT molecular complexity index is 1190. The molecule has 0 aliphatic rings. The van der Waals surface area contributed by atoms with E-state index in [4.69, 9.17) is 4.74 Å². The Kier molecular flexibility index (Phi) is 5.98. The number of hydrogen-bond donors (Lipinski definition) is 1. The van der Waals surface area contributed by atoms with Crippen LogP contribution in [0.2, 0.25) is 0 Å². The average Bonchev–Trinajstić information content (AvgIpc) is 3.22. The van der Waals surface area contributed by atoms with Crippen LogP contribution in [0.25, 0.3) is 11.4 Å². The maximum absolute atomic E-state index is 13.7. The maximum Gasteiger partial charge on any atom is 0.248 e. The van der Waals surface area contributed by atoms with E-state index in [9.17, 15) is 9.18 Å². The second kappa shape index (κ2) is 9.17. The number of halogens is 1. The normalized spacial score (nSPS) is 10.6. The summed E-state index contributed by atoms with van der Waals surface area (Å²) < 4.78 is 19.3. The van der Waals surface area contributed by atoms with E-state index in [0.29, 0.717) is 17.1 Å². The number of anilines is 1. The van der Waals surface area contributed by atoms with Gasteiger partial charge in [0.15, 0.2) is 0 Å². The third-order valence-electron chi connectivity index (χ3n) is 4.50. The molecule has 0 fully saturated rings. The fraction of sp³-hybridized carbons (Fsp3) is 0.130. The molecule has 0 aliphatic heterocycles. The zero-order valence-corrected chi connectivity index (χ0v) is 16.8. The number of aryl methyl sites for hydroxylation is 1. The van der Waals surface area contributed by atoms with Gasteiger partial charge in [-0.15, -0.1) is 10.2 Å². The maximum atomic E-state index is 13.7. The van der Waals surface area contributed by atoms with Crippen molar-refractivity contribution in [2.24, 2.45) is 0 Å². The highest BCUT2D eigenvalue weighted by Gasteiger charge is 2.10. The lowest BCUT2D eigenvalue weighted by Crippen LogP contribution is -2.20. The number of nitrogens with zero attached hydrogens (tertiary/aromatic N) is 4. The van der Waals surface area contributed by atoms with E-state index in [1.807, 2.05) is 31.2 Å². The largest absolute Gasteiger partial charge is 0.489 e. The van der Waals surface area contributed by atoms with E-state index in [2.05, 4.69) is 20.7 Å². The predicted molar refractivity (Wildman–Crippen MR) is 114 cm³/mol. The monoisotopic (exact) mass is 417 g/mol. The molecule has 1 heterocycles. The Balaban J connectivity index is 1.35. The number of carbonyl (C=O) groups excluding carboxylic acids is 1. The van der Waals surface area contributed by atoms with Crippen molar-refractivity contribution in [3.63, 3.8) is 0 Å². The van der Waals surface area contributed by atoms with Crippen molar-refractivity contribution < 1.29 is 13.9 Å². The van der Waals surface area contributed by atoms with Gasteiger partial charge in [0.1, 0.15) is 24.7 Å². The third kappa shape index (κ3) is 5.30. The number of nitrogens with one attached hydrogen (secondary N) is 1. The first-order valence-corrected chi connectivity index (χ1v) is 9.68. The molecular formula is C23H20FN5O2. The van der Waals surface area contributed by atoms with Gasteiger partial charge in [-0.2, -0.15) is 4.80 Å². The van der Waals surface area contributed by atoms with Crippen molar-refractivity contribution in [1.82, 2.24) is 20.2 Å². The van der Waals surface area contributed by atoms with E-state index in [1.165, 1.54) is 10.9 Å². The quantitative estimate of drug-likeness (QED) is 0.491. The van der Waals surface area contributed by atoms with Crippen LogP contribution in [0.3, 0.4) is 0 Å². The van der Waals surface area contributed by atoms with Crippen molar-refractivity contribution in [1.29, 1.82) is 0 Å². The summed E-state index contributed by atoms with van der Waals surface area (Å²) in [6.07, 6.45) is 0. The molecule has 4 aromatic rings. The predicted octanol–water partition coefficient (Wildman–Crippen LogP) is 4.01. The Hall–Kier alpha value is -4.07. The summed E-state index contributed by atoms with van der Waals surface area (Å²) in [5, 5.41) is 15.0. The summed E-state index contributed by atoms with van der Waals surface area (Å²) in [6.45, 7) is 2.04. The van der Waals surface area contributed by atoms with Crippen molar-refractivity contribution in [2.45, 2.75) is 20.1 Å². The molecule has 3 aromatic carbocycles. The number of carbonyl (C=O) groups is 1. The summed E-state index contributed by atoms with van der Waals surface area (Å²) in [5.41, 5.74) is 2.99. The molecule has 31 heavy (non-hydrogen) atoms. The number of aromatic nitrogens is 4. The summed E-state index contributed by atoms with van der Waals surface area (Å²) in [6, 6.07) is 21.1. The van der Waals surface area contributed by atoms with Crippen LogP contribution in [0.15, 0.2) is 72.8 Å². The number of rotatable bonds is 7. The van der Waals surface area contributed by atoms with Crippen molar-refractivity contribution in [2.75, 3.05) is 5.32 Å². The highest BCUT2D eigenvalue weighted by molar-refractivity contribution is 5.90. The third-order valence-corrected chi connectivity index (χ3v) is 4.50. The van der Waals surface area contributed by atoms with Gasteiger partial charge < -0.3 is 10.1 Å². The molecule has 7 nitrogen and oxygen atoms in total. The second-order valence-corrected chi connectivity index (χ2v) is 6.97. The van der Waals surface area contributed by atoms with Gasteiger partial charge >= 0.3 is 0 Å². The minimum absolute atomic E-state index is 0.0508. The molecule has 1 N–H and O–H groups in total. The van der Waals surface area contributed by atoms with Crippen molar-refractivity contribution in [3.8, 4) is 17.1 Å². The molecule has 0 bridgehead atoms. The van der Waals surface area contributed by atoms with Gasteiger partial charge in [-0.3, -0.25) is 4.79 Å². The van der Waals surface area contributed by atoms with Gasteiger partial charge in [0, 0.05) is 16.8 Å². The molecule has 0 saturated heterocycles. The zero-order chi connectivity index (χ0) is 21.6. The van der Waals surface area contributed by atoms with Gasteiger partial charge in [-0.1, -0.05) is 30.3 Å². The van der Waals surface area contributed by atoms with Gasteiger partial charge in [-0.05, 0) is 60.2 Å². The molecule has 1 aromatic heterocycles. The second-order valence-electron chi connectivity index (χ2n) is 6.97. The lowest BCUT2D eigenvalue weighted by molar-refractivity contribution is -0.117. The fourth-order valence-electron chi connectivity index (χ4n) is 2.95. The Morgan fingerprint density at radius 2 is 1.87 bits per heavy atom. The van der Waals surface area contributed by atoms with Gasteiger partial charge in [0.25, 0.3) is 0 Å². The lowest BCUT2D eigenvalue weighted by Gasteiger charge is -2.07. The molecule has 0 spiro atoms. The first-order valence-electron chi connectivity index (χ1n) is 9.68. The molecule has 8 heteroatoms. The summed E-state index contributed by atoms with van der Waals surface area (Å²) >= 11 is 0. The van der Waals surface area contributed by atoms with E-state index in [-0.39, 0.29) is 24.9 Å². The van der Waals surface area contributed by atoms with Crippen LogP contribution < -0.4 is 10.1 Å². The Morgan fingerprint density at radius 3 is 2.65 bits per heavy atom. The Morgan fingerprint density at radius 1 is 1.06 bits per heavy atom. The van der Waals surface area contributed by atoms with E-state index in [0.717, 1.165) is 16.8 Å². The SMILES string of the molecule is Cc1cccc(NC(=O)Cn2nnc(-c3ccc(OCc4ccccc4F)cc3)n2)c1. The van der Waals surface area contributed by atoms with Crippen LogP contribution in [0.4, 0.5) is 10.1 Å². The molecule has 0 saturated carbocycles. The van der Waals surface area contributed by atoms with Crippen LogP contribution in [0, 0.1) is 12.7 Å². The van der Waals surface area contributed by atoms with Crippen LogP contribution in [-0.2, 0) is 17.9 Å². The lowest BCUT2D eigenvalue weighted by atomic mass is 10.2. The number of hydrogen-bond acceptors (Lipinski definition) is 5. The van der Waals surface area contributed by atoms with E-state index in [1.54, 1.807) is 42.5 Å². The summed E-state index contributed by atoms with van der Waals surface area (Å²) in [5.74, 6) is 0.443. The molecule has 0 atom stereocenters. The van der Waals surface area contributed by atoms with Gasteiger partial charge in [-0.25, -0.2) is 4.39 Å². The van der Waals surface area contributed by atoms with Gasteiger partial charge in [0.05, 0.1) is 0 Å². The highest BCUT2D eigenvalue weighted by atomic mass is 19.1. The molecule has 0 unspecified atom stereocenters. The molecule has 0 radical (unpaired) electrons. The average molecular weight is 417 g/mol. The highest BCUT2D eigenvalue weighted by Crippen LogP contribution is 2.20. The molecular weight excluding hydrogens is 397 g/mol. The van der Waals surface area contributed by atoms with E-state index < -0.39 is 0 Å². The molecule has 4 rings (SSSR count). The minimum Gasteiger partial charge on any atom is -0.489 e. The molecule has 1 amide bonds. The van der Waals surface area contributed by atoms with Crippen molar-refractivity contribution >= 4 is 11.6 Å². The Labute approximate surface area is 178 Å². The number of tetrazole rings is 1. The fourth-order valence-corrected chi connectivity index (χ4v) is 2.95. The molecule has 0 aliphatic carbocycles. The topological polar surface area (TPSA) is 81.9 Å². The zero-order valence-electron chi connectivity index (χ0n) is 16.8. The van der Waals surface area contributed by atoms with Crippen LogP contribution >= 0.6 is 0 Å². The van der Waals surface area contributed by atoms with Gasteiger partial charge in [0.2, 0.25) is 11.7 Å². The van der Waals surface area contributed by atoms with Crippen LogP contribution in [0.5, 0.6) is 5.75 Å². The summed E-state index contributed by atoms with van der Waals surface area (Å²) in [7, 11) is 0. The smallest absolute Gasteiger partial charge is 0.248 e. The summed E-state index contributed by atoms with van der Waals surface area (Å²) in [4.78, 5) is 13.5. The van der Waals surface area contributed by atoms with Crippen LogP contribution in [-0.4, -0.2) is 26.1 Å². The standard InChI is InChI=1S/C23H20FN5O2/c1-16-5-4-7-19(13-16)25-22(30)14-29-27-23(26-28-29)17-9-11-20(12-10-17)31-15-18-6-2-3-8-21(18)24/h2-13H,14-15H2,1H3,(H,25,30). The number of amides is 1. The first kappa shape index (κ1) is 20.2. The number of benzene rings is 3. The minimum atomic E-state index is -0.300. The number of ether oxygens (including phenoxy) is 1. The molecule has 156 valence electrons. The van der Waals surface area contributed by atoms with Crippen LogP contribution in [0.1, 0.15) is 11.1 Å². The van der Waals surface area contributed by atoms with Crippen molar-refractivity contribution in [3.05, 3.63) is 89.7 Å². The first-order chi connectivity index (χ1) is 15.1. The van der Waals surface area contributed by atoms with E-state index >= 15 is 0 Å².